The number of ether oxygens (including phenoxy) is 2. The van der Waals surface area contributed by atoms with Crippen molar-refractivity contribution >= 4 is 61.9 Å². The zero-order chi connectivity index (χ0) is 30.6. The number of imidazole rings is 2. The van der Waals surface area contributed by atoms with Crippen LogP contribution in [-0.2, 0) is 23.1 Å². The molecule has 43 heavy (non-hydrogen) atoms. The van der Waals surface area contributed by atoms with Gasteiger partial charge in [-0.3, -0.25) is 23.5 Å². The number of fused-ring (bicyclic) bond motifs is 2. The number of hydrogen-bond acceptors (Lipinski definition) is 16. The summed E-state index contributed by atoms with van der Waals surface area (Å²) in [6, 6.07) is 0. The van der Waals surface area contributed by atoms with E-state index in [0.29, 0.717) is 0 Å². The SMILES string of the molecule is Nc1nc2c(ncn2C2O[C@H](CO)[C@@H](F)[C@H]2[PH](=O)OC[C@H]2O[C@@H](n3cnc4c(N)ncnc43)[C@@H](F)[C@@H]2O[P@@](O)S)c(=O)[nH]1. The summed E-state index contributed by atoms with van der Waals surface area (Å²) >= 11 is 3.82. The molecule has 2 aliphatic rings. The van der Waals surface area contributed by atoms with Gasteiger partial charge in [-0.25, -0.2) is 28.7 Å². The average molecular weight is 664 g/mol. The number of aromatic nitrogens is 8. The molecule has 18 nitrogen and oxygen atoms in total. The number of nitrogens with zero attached hydrogens (tertiary/aromatic N) is 7. The van der Waals surface area contributed by atoms with Crippen molar-refractivity contribution in [1.29, 1.82) is 0 Å². The van der Waals surface area contributed by atoms with E-state index in [1.54, 1.807) is 0 Å². The van der Waals surface area contributed by atoms with Gasteiger partial charge in [-0.2, -0.15) is 4.98 Å². The summed E-state index contributed by atoms with van der Waals surface area (Å²) in [5.74, 6) is -0.193. The maximum atomic E-state index is 15.7. The Hall–Kier alpha value is -2.87. The molecule has 2 saturated heterocycles. The lowest BCUT2D eigenvalue weighted by atomic mass is 10.1. The molecule has 23 heteroatoms. The fourth-order valence-electron chi connectivity index (χ4n) is 5.09. The number of aliphatic hydroxyl groups is 1. The Labute approximate surface area is 245 Å². The van der Waals surface area contributed by atoms with Gasteiger partial charge in [0.1, 0.15) is 42.0 Å². The van der Waals surface area contributed by atoms with Gasteiger partial charge in [0, 0.05) is 0 Å². The Kier molecular flexibility index (Phi) is 8.35. The minimum atomic E-state index is -3.43. The van der Waals surface area contributed by atoms with Gasteiger partial charge in [0.2, 0.25) is 21.6 Å². The number of halogens is 2. The number of H-pyrrole nitrogens is 1. The standard InChI is InChI=1S/C20H24F2N10O8P2S/c21-8-6(1-33)38-19(32-5-28-11-16(32)29-20(24)30-17(11)34)13(8)41(35)37-2-7-12(40-42(36)43)9(22)18(39-7)31-4-27-10-14(23)25-3-26-15(10)31/h3-9,12-13,18-19,33,36,41,43H,1-2H2,(H2,23,25,26)(H3,24,29,30,34)/t6-,7-,8-,9+,12-,13-,18-,19?,42-/m1/s1. The summed E-state index contributed by atoms with van der Waals surface area (Å²) in [6.45, 7) is -1.33. The Balaban J connectivity index is 1.25. The summed E-state index contributed by atoms with van der Waals surface area (Å²) in [5, 5.41) is 9.67. The van der Waals surface area contributed by atoms with Crippen molar-refractivity contribution in [3.05, 3.63) is 29.3 Å². The minimum Gasteiger partial charge on any atom is -0.394 e. The molecule has 0 bridgehead atoms. The van der Waals surface area contributed by atoms with E-state index in [-0.39, 0.29) is 34.1 Å². The highest BCUT2D eigenvalue weighted by Crippen LogP contribution is 2.49. The molecule has 0 saturated carbocycles. The first kappa shape index (κ1) is 30.2. The van der Waals surface area contributed by atoms with Crippen molar-refractivity contribution in [2.45, 2.75) is 48.8 Å². The number of nitrogens with two attached hydrogens (primary N) is 2. The highest BCUT2D eigenvalue weighted by molar-refractivity contribution is 8.41. The van der Waals surface area contributed by atoms with Gasteiger partial charge in [-0.15, -0.1) is 0 Å². The van der Waals surface area contributed by atoms with Crippen LogP contribution in [0.3, 0.4) is 0 Å². The molecule has 0 aliphatic carbocycles. The maximum Gasteiger partial charge on any atom is 0.280 e. The van der Waals surface area contributed by atoms with Gasteiger partial charge >= 0.3 is 0 Å². The molecule has 0 spiro atoms. The van der Waals surface area contributed by atoms with Crippen LogP contribution in [0.25, 0.3) is 22.3 Å². The average Bonchev–Trinajstić information content (AvgIpc) is 3.72. The maximum absolute atomic E-state index is 15.7. The van der Waals surface area contributed by atoms with Gasteiger partial charge in [-0.05, 0) is 0 Å². The van der Waals surface area contributed by atoms with E-state index in [1.165, 1.54) is 15.5 Å². The lowest BCUT2D eigenvalue weighted by molar-refractivity contribution is -0.0389. The van der Waals surface area contributed by atoms with Crippen LogP contribution >= 0.6 is 27.9 Å². The van der Waals surface area contributed by atoms with Crippen LogP contribution in [-0.4, -0.2) is 98.6 Å². The van der Waals surface area contributed by atoms with Crippen LogP contribution in [0.2, 0.25) is 0 Å². The molecule has 7 N–H and O–H groups in total. The van der Waals surface area contributed by atoms with E-state index >= 15 is 8.78 Å². The second-order valence-corrected chi connectivity index (χ2v) is 12.9. The first-order valence-electron chi connectivity index (χ1n) is 12.5. The smallest absolute Gasteiger partial charge is 0.280 e. The number of nitrogens with one attached hydrogen (secondary N) is 1. The number of thiol groups is 1. The molecule has 10 atom stereocenters. The molecule has 4 aromatic rings. The number of nitrogen functional groups attached to an aromatic ring is 2. The molecule has 4 aromatic heterocycles. The molecule has 0 amide bonds. The fourth-order valence-corrected chi connectivity index (χ4v) is 7.35. The second-order valence-electron chi connectivity index (χ2n) is 9.54. The Morgan fingerprint density at radius 1 is 1.07 bits per heavy atom. The number of aliphatic hydroxyl groups excluding tert-OH is 1. The first-order chi connectivity index (χ1) is 20.6. The van der Waals surface area contributed by atoms with Crippen LogP contribution in [0.15, 0.2) is 23.8 Å². The van der Waals surface area contributed by atoms with Crippen molar-refractivity contribution in [2.75, 3.05) is 24.7 Å². The Morgan fingerprint density at radius 2 is 1.77 bits per heavy atom. The fraction of sp³-hybridized carbons (Fsp3) is 0.500. The molecule has 6 heterocycles. The topological polar surface area (TPSA) is 254 Å². The highest BCUT2D eigenvalue weighted by Gasteiger charge is 2.52. The lowest BCUT2D eigenvalue weighted by Gasteiger charge is -2.23. The molecule has 0 radical (unpaired) electrons. The molecule has 2 unspecified atom stereocenters. The number of alkyl halides is 2. The van der Waals surface area contributed by atoms with Crippen molar-refractivity contribution in [3.63, 3.8) is 0 Å². The normalized spacial score (nSPS) is 30.8. The molecule has 2 fully saturated rings. The second kappa shape index (κ2) is 11.9. The quantitative estimate of drug-likeness (QED) is 0.102. The van der Waals surface area contributed by atoms with Crippen molar-refractivity contribution < 1.29 is 41.9 Å². The molecular formula is C20H24F2N10O8P2S. The lowest BCUT2D eigenvalue weighted by Crippen LogP contribution is -2.33. The highest BCUT2D eigenvalue weighted by atomic mass is 32.7. The number of aromatic amines is 1. The van der Waals surface area contributed by atoms with Crippen molar-refractivity contribution in [3.8, 4) is 0 Å². The molecule has 6 rings (SSSR count). The third-order valence-corrected chi connectivity index (χ3v) is 9.34. The number of anilines is 2. The third-order valence-electron chi connectivity index (χ3n) is 7.03. The predicted octanol–water partition coefficient (Wildman–Crippen LogP) is -0.0187. The molecule has 0 aromatic carbocycles. The Bertz CT molecular complexity index is 1730. The summed E-state index contributed by atoms with van der Waals surface area (Å²) in [7, 11) is -5.80. The summed E-state index contributed by atoms with van der Waals surface area (Å²) in [5.41, 5.74) is 9.45. The summed E-state index contributed by atoms with van der Waals surface area (Å²) in [6.07, 6.45) is -7.24. The van der Waals surface area contributed by atoms with Gasteiger partial charge in [0.05, 0.1) is 25.9 Å². The summed E-state index contributed by atoms with van der Waals surface area (Å²) < 4.78 is 69.4. The van der Waals surface area contributed by atoms with Gasteiger partial charge < -0.3 is 40.0 Å². The van der Waals surface area contributed by atoms with Gasteiger partial charge in [0.15, 0.2) is 41.3 Å². The van der Waals surface area contributed by atoms with E-state index < -0.39 is 83.1 Å². The van der Waals surface area contributed by atoms with Gasteiger partial charge in [-0.1, -0.05) is 12.2 Å². The van der Waals surface area contributed by atoms with Crippen LogP contribution in [0.1, 0.15) is 12.5 Å². The van der Waals surface area contributed by atoms with E-state index in [4.69, 9.17) is 30.0 Å². The number of rotatable bonds is 9. The minimum absolute atomic E-state index is 0.0566. The van der Waals surface area contributed by atoms with E-state index in [2.05, 4.69) is 42.2 Å². The van der Waals surface area contributed by atoms with Crippen molar-refractivity contribution in [2.24, 2.45) is 0 Å². The zero-order valence-electron chi connectivity index (χ0n) is 21.5. The summed E-state index contributed by atoms with van der Waals surface area (Å²) in [4.78, 5) is 44.3. The zero-order valence-corrected chi connectivity index (χ0v) is 24.3. The van der Waals surface area contributed by atoms with Crippen LogP contribution in [0.4, 0.5) is 20.5 Å². The third kappa shape index (κ3) is 5.38. The molecular weight excluding hydrogens is 640 g/mol. The van der Waals surface area contributed by atoms with Crippen LogP contribution in [0.5, 0.6) is 0 Å². The largest absolute Gasteiger partial charge is 0.394 e. The molecule has 232 valence electrons. The van der Waals surface area contributed by atoms with Crippen LogP contribution in [0, 0.1) is 0 Å². The Morgan fingerprint density at radius 3 is 2.49 bits per heavy atom. The van der Waals surface area contributed by atoms with E-state index in [9.17, 15) is 19.4 Å². The van der Waals surface area contributed by atoms with E-state index in [1.807, 2.05) is 0 Å². The molecule has 2 aliphatic heterocycles. The monoisotopic (exact) mass is 664 g/mol. The van der Waals surface area contributed by atoms with Crippen molar-refractivity contribution in [1.82, 2.24) is 39.0 Å². The van der Waals surface area contributed by atoms with Gasteiger partial charge in [0.25, 0.3) is 5.56 Å². The van der Waals surface area contributed by atoms with Crippen LogP contribution < -0.4 is 17.0 Å². The predicted molar refractivity (Wildman–Crippen MR) is 149 cm³/mol. The first-order valence-corrected chi connectivity index (χ1v) is 16.2. The van der Waals surface area contributed by atoms with E-state index in [0.717, 1.165) is 12.7 Å². The number of hydrogen-bond donors (Lipinski definition) is 6.